The summed E-state index contributed by atoms with van der Waals surface area (Å²) < 4.78 is 19.4. The third-order valence-corrected chi connectivity index (χ3v) is 7.31. The van der Waals surface area contributed by atoms with Gasteiger partial charge in [-0.15, -0.1) is 0 Å². The van der Waals surface area contributed by atoms with Gasteiger partial charge in [-0.25, -0.2) is 0 Å². The van der Waals surface area contributed by atoms with Gasteiger partial charge in [0.2, 0.25) is 0 Å². The smallest absolute Gasteiger partial charge is 0.171 e. The van der Waals surface area contributed by atoms with E-state index in [9.17, 15) is 4.57 Å². The minimum atomic E-state index is -2.90. The van der Waals surface area contributed by atoms with E-state index >= 15 is 0 Å². The molecule has 0 spiro atoms. The van der Waals surface area contributed by atoms with Crippen LogP contribution in [0.3, 0.4) is 0 Å². The molecule has 0 aromatic heterocycles. The van der Waals surface area contributed by atoms with E-state index in [1.54, 1.807) is 7.11 Å². The minimum Gasteiger partial charge on any atom is -0.497 e. The van der Waals surface area contributed by atoms with Gasteiger partial charge in [0.1, 0.15) is 5.75 Å². The Morgan fingerprint density at radius 2 is 0.958 bits per heavy atom. The van der Waals surface area contributed by atoms with Gasteiger partial charge in [-0.2, -0.15) is 0 Å². The average molecular weight is 336 g/mol. The Hall–Kier alpha value is -2.31. The van der Waals surface area contributed by atoms with Gasteiger partial charge in [0.15, 0.2) is 7.14 Å². The van der Waals surface area contributed by atoms with Crippen LogP contribution in [0.25, 0.3) is 0 Å². The molecule has 0 bridgehead atoms. The Bertz CT molecular complexity index is 814. The maximum atomic E-state index is 14.2. The van der Waals surface area contributed by atoms with Crippen molar-refractivity contribution in [3.63, 3.8) is 0 Å². The highest BCUT2D eigenvalue weighted by molar-refractivity contribution is 7.85. The highest BCUT2D eigenvalue weighted by Crippen LogP contribution is 2.42. The van der Waals surface area contributed by atoms with Crippen molar-refractivity contribution in [2.24, 2.45) is 0 Å². The number of hydrogen-bond acceptors (Lipinski definition) is 2. The van der Waals surface area contributed by atoms with Crippen LogP contribution in [-0.2, 0) is 4.57 Å². The molecule has 2 nitrogen and oxygen atoms in total. The largest absolute Gasteiger partial charge is 0.497 e. The molecule has 0 atom stereocenters. The maximum Gasteiger partial charge on any atom is 0.171 e. The van der Waals surface area contributed by atoms with Gasteiger partial charge in [0, 0.05) is 15.9 Å². The van der Waals surface area contributed by atoms with Crippen LogP contribution in [0.5, 0.6) is 5.75 Å². The third-order valence-electron chi connectivity index (χ3n) is 4.23. The molecule has 3 rings (SSSR count). The Kier molecular flexibility index (Phi) is 4.59. The van der Waals surface area contributed by atoms with E-state index in [-0.39, 0.29) is 0 Å². The Balaban J connectivity index is 2.21. The van der Waals surface area contributed by atoms with Gasteiger partial charge in [-0.3, -0.25) is 0 Å². The molecule has 0 fully saturated rings. The Labute approximate surface area is 143 Å². The summed E-state index contributed by atoms with van der Waals surface area (Å²) in [6.45, 7) is 4.07. The fourth-order valence-corrected chi connectivity index (χ4v) is 5.35. The van der Waals surface area contributed by atoms with Gasteiger partial charge >= 0.3 is 0 Å². The molecule has 0 saturated heterocycles. The zero-order valence-corrected chi connectivity index (χ0v) is 15.1. The molecule has 3 aromatic rings. The lowest BCUT2D eigenvalue weighted by atomic mass is 10.2. The molecule has 24 heavy (non-hydrogen) atoms. The number of hydrogen-bond donors (Lipinski definition) is 0. The van der Waals surface area contributed by atoms with Crippen LogP contribution in [-0.4, -0.2) is 7.11 Å². The normalized spacial score (nSPS) is 11.3. The topological polar surface area (TPSA) is 26.3 Å². The molecule has 0 heterocycles. The van der Waals surface area contributed by atoms with Crippen molar-refractivity contribution in [1.29, 1.82) is 0 Å². The number of aryl methyl sites for hydroxylation is 2. The summed E-state index contributed by atoms with van der Waals surface area (Å²) in [5.74, 6) is 0.762. The van der Waals surface area contributed by atoms with Crippen molar-refractivity contribution < 1.29 is 9.30 Å². The van der Waals surface area contributed by atoms with Crippen molar-refractivity contribution in [1.82, 2.24) is 0 Å². The number of methoxy groups -OCH3 is 1. The second-order valence-electron chi connectivity index (χ2n) is 5.98. The summed E-state index contributed by atoms with van der Waals surface area (Å²) >= 11 is 0. The van der Waals surface area contributed by atoms with Crippen molar-refractivity contribution in [3.05, 3.63) is 83.9 Å². The molecule has 0 unspecified atom stereocenters. The van der Waals surface area contributed by atoms with Crippen molar-refractivity contribution >= 4 is 23.1 Å². The fraction of sp³-hybridized carbons (Fsp3) is 0.143. The third kappa shape index (κ3) is 3.02. The summed E-state index contributed by atoms with van der Waals surface area (Å²) in [7, 11) is -1.27. The molecule has 0 aliphatic rings. The second-order valence-corrected chi connectivity index (χ2v) is 8.75. The molecule has 0 radical (unpaired) electrons. The van der Waals surface area contributed by atoms with E-state index in [0.717, 1.165) is 32.8 Å². The lowest BCUT2D eigenvalue weighted by Gasteiger charge is -2.20. The summed E-state index contributed by atoms with van der Waals surface area (Å²) in [5.41, 5.74) is 2.31. The Morgan fingerprint density at radius 1 is 0.625 bits per heavy atom. The average Bonchev–Trinajstić information content (AvgIpc) is 2.62. The van der Waals surface area contributed by atoms with E-state index in [1.165, 1.54) is 0 Å². The summed E-state index contributed by atoms with van der Waals surface area (Å²) in [4.78, 5) is 0. The van der Waals surface area contributed by atoms with Gasteiger partial charge < -0.3 is 9.30 Å². The fourth-order valence-electron chi connectivity index (χ4n) is 2.75. The van der Waals surface area contributed by atoms with E-state index in [0.29, 0.717) is 0 Å². The van der Waals surface area contributed by atoms with Crippen LogP contribution in [0.1, 0.15) is 11.1 Å². The first-order valence-corrected chi connectivity index (χ1v) is 9.64. The maximum absolute atomic E-state index is 14.2. The zero-order chi connectivity index (χ0) is 17.2. The van der Waals surface area contributed by atoms with Gasteiger partial charge in [-0.1, -0.05) is 59.7 Å². The van der Waals surface area contributed by atoms with E-state index in [1.807, 2.05) is 86.6 Å². The van der Waals surface area contributed by atoms with Crippen molar-refractivity contribution in [2.45, 2.75) is 13.8 Å². The van der Waals surface area contributed by atoms with Crippen LogP contribution >= 0.6 is 7.14 Å². The summed E-state index contributed by atoms with van der Waals surface area (Å²) in [6, 6.07) is 23.5. The SMILES string of the molecule is COc1ccc(P(=O)(c2ccc(C)cc2)c2ccc(C)cc2)cc1. The molecular formula is C21H21O2P. The van der Waals surface area contributed by atoms with Gasteiger partial charge in [0.25, 0.3) is 0 Å². The van der Waals surface area contributed by atoms with Crippen LogP contribution in [0, 0.1) is 13.8 Å². The van der Waals surface area contributed by atoms with E-state index < -0.39 is 7.14 Å². The predicted octanol–water partition coefficient (Wildman–Crippen LogP) is 3.95. The molecule has 0 aliphatic heterocycles. The number of benzene rings is 3. The van der Waals surface area contributed by atoms with E-state index in [2.05, 4.69) is 0 Å². The lowest BCUT2D eigenvalue weighted by Crippen LogP contribution is -2.25. The van der Waals surface area contributed by atoms with Crippen LogP contribution in [0.2, 0.25) is 0 Å². The summed E-state index contributed by atoms with van der Waals surface area (Å²) in [6.07, 6.45) is 0. The van der Waals surface area contributed by atoms with Crippen LogP contribution < -0.4 is 20.7 Å². The standard InChI is InChI=1S/C21H21O2P/c1-16-4-10-19(11-5-16)24(22,20-12-6-17(2)7-13-20)21-14-8-18(23-3)9-15-21/h4-15H,1-3H3. The van der Waals surface area contributed by atoms with Crippen molar-refractivity contribution in [2.75, 3.05) is 7.11 Å². The van der Waals surface area contributed by atoms with Gasteiger partial charge in [-0.05, 0) is 38.1 Å². The molecule has 3 aromatic carbocycles. The first-order chi connectivity index (χ1) is 11.5. The van der Waals surface area contributed by atoms with Crippen LogP contribution in [0.4, 0.5) is 0 Å². The molecule has 0 aliphatic carbocycles. The molecular weight excluding hydrogens is 315 g/mol. The first kappa shape index (κ1) is 16.5. The molecule has 0 amide bonds. The van der Waals surface area contributed by atoms with Gasteiger partial charge in [0.05, 0.1) is 7.11 Å². The molecule has 122 valence electrons. The predicted molar refractivity (Wildman–Crippen MR) is 102 cm³/mol. The number of ether oxygens (including phenoxy) is 1. The highest BCUT2D eigenvalue weighted by Gasteiger charge is 2.29. The quantitative estimate of drug-likeness (QED) is 0.674. The second kappa shape index (κ2) is 6.67. The number of rotatable bonds is 4. The van der Waals surface area contributed by atoms with Crippen LogP contribution in [0.15, 0.2) is 72.8 Å². The monoisotopic (exact) mass is 336 g/mol. The summed E-state index contributed by atoms with van der Waals surface area (Å²) in [5, 5.41) is 2.51. The molecule has 3 heteroatoms. The highest BCUT2D eigenvalue weighted by atomic mass is 31.2. The van der Waals surface area contributed by atoms with E-state index in [4.69, 9.17) is 4.74 Å². The first-order valence-electron chi connectivity index (χ1n) is 7.93. The molecule has 0 saturated carbocycles. The molecule has 0 N–H and O–H groups in total. The lowest BCUT2D eigenvalue weighted by molar-refractivity contribution is 0.415. The zero-order valence-electron chi connectivity index (χ0n) is 14.2. The minimum absolute atomic E-state index is 0.762. The van der Waals surface area contributed by atoms with Crippen molar-refractivity contribution in [3.8, 4) is 5.75 Å². The Morgan fingerprint density at radius 3 is 1.29 bits per heavy atom.